The van der Waals surface area contributed by atoms with Gasteiger partial charge in [0.15, 0.2) is 11.6 Å². The number of aromatic nitrogens is 3. The highest BCUT2D eigenvalue weighted by molar-refractivity contribution is 5.89. The number of anilines is 1. The second-order valence-electron chi connectivity index (χ2n) is 5.60. The Bertz CT molecular complexity index is 1070. The molecule has 0 bridgehead atoms. The average Bonchev–Trinajstić information content (AvgIpc) is 3.08. The smallest absolute Gasteiger partial charge is 0.413 e. The van der Waals surface area contributed by atoms with Gasteiger partial charge < -0.3 is 9.47 Å². The van der Waals surface area contributed by atoms with Gasteiger partial charge in [-0.2, -0.15) is 15.0 Å². The van der Waals surface area contributed by atoms with Crippen LogP contribution in [0.25, 0.3) is 16.7 Å². The maximum Gasteiger partial charge on any atom is 0.413 e. The zero-order valence-electron chi connectivity index (χ0n) is 14.9. The van der Waals surface area contributed by atoms with Gasteiger partial charge in [-0.05, 0) is 24.6 Å². The highest BCUT2D eigenvalue weighted by Crippen LogP contribution is 2.29. The molecule has 1 amide bonds. The molecule has 8 heteroatoms. The molecule has 0 saturated carbocycles. The van der Waals surface area contributed by atoms with E-state index in [2.05, 4.69) is 22.0 Å². The summed E-state index contributed by atoms with van der Waals surface area (Å²) in [6, 6.07) is 9.46. The molecule has 0 saturated heterocycles. The number of methoxy groups -OCH3 is 1. The van der Waals surface area contributed by atoms with Gasteiger partial charge in [-0.1, -0.05) is 24.8 Å². The topological polar surface area (TPSA) is 102 Å². The second kappa shape index (κ2) is 7.58. The number of aryl methyl sites for hydroxylation is 1. The van der Waals surface area contributed by atoms with Gasteiger partial charge in [-0.15, -0.1) is 0 Å². The molecule has 1 aromatic carbocycles. The molecular formula is C19H17N5O3. The third kappa shape index (κ3) is 3.43. The molecule has 2 aromatic heterocycles. The average molecular weight is 363 g/mol. The lowest BCUT2D eigenvalue weighted by Gasteiger charge is -2.12. The van der Waals surface area contributed by atoms with Crippen LogP contribution in [-0.4, -0.2) is 34.6 Å². The third-order valence-corrected chi connectivity index (χ3v) is 3.88. The van der Waals surface area contributed by atoms with E-state index < -0.39 is 6.09 Å². The molecule has 1 N–H and O–H groups in total. The van der Waals surface area contributed by atoms with E-state index in [9.17, 15) is 10.1 Å². The summed E-state index contributed by atoms with van der Waals surface area (Å²) in [5.74, 6) is 1.22. The van der Waals surface area contributed by atoms with E-state index >= 15 is 0 Å². The molecule has 3 aromatic rings. The number of hydrogen-bond acceptors (Lipinski definition) is 6. The lowest BCUT2D eigenvalue weighted by Crippen LogP contribution is -2.17. The van der Waals surface area contributed by atoms with Crippen molar-refractivity contribution in [1.82, 2.24) is 14.8 Å². The van der Waals surface area contributed by atoms with E-state index in [4.69, 9.17) is 9.47 Å². The van der Waals surface area contributed by atoms with Crippen molar-refractivity contribution < 1.29 is 14.3 Å². The number of nitrogens with zero attached hydrogens (tertiary/aromatic N) is 4. The first-order chi connectivity index (χ1) is 13.1. The Morgan fingerprint density at radius 1 is 1.48 bits per heavy atom. The Morgan fingerprint density at radius 2 is 2.30 bits per heavy atom. The molecule has 0 aliphatic rings. The Morgan fingerprint density at radius 3 is 3.00 bits per heavy atom. The zero-order chi connectivity index (χ0) is 19.4. The Labute approximate surface area is 155 Å². The number of benzene rings is 1. The third-order valence-electron chi connectivity index (χ3n) is 3.88. The lowest BCUT2D eigenvalue weighted by atomic mass is 10.1. The molecule has 136 valence electrons. The molecule has 2 heterocycles. The molecule has 3 rings (SSSR count). The maximum atomic E-state index is 11.9. The maximum absolute atomic E-state index is 11.9. The minimum Gasteiger partial charge on any atom is -0.494 e. The van der Waals surface area contributed by atoms with Crippen molar-refractivity contribution in [2.24, 2.45) is 0 Å². The van der Waals surface area contributed by atoms with Crippen molar-refractivity contribution in [3.63, 3.8) is 0 Å². The quantitative estimate of drug-likeness (QED) is 0.698. The number of para-hydroxylation sites is 1. The van der Waals surface area contributed by atoms with E-state index in [-0.39, 0.29) is 18.0 Å². The van der Waals surface area contributed by atoms with Gasteiger partial charge in [0.2, 0.25) is 0 Å². The Kier molecular flexibility index (Phi) is 5.04. The number of fused-ring (bicyclic) bond motifs is 1. The normalized spacial score (nSPS) is 10.3. The van der Waals surface area contributed by atoms with E-state index in [0.717, 1.165) is 10.9 Å². The Hall–Kier alpha value is -3.86. The predicted molar refractivity (Wildman–Crippen MR) is 100 cm³/mol. The van der Waals surface area contributed by atoms with Crippen LogP contribution in [0, 0.1) is 18.3 Å². The molecular weight excluding hydrogens is 346 g/mol. The summed E-state index contributed by atoms with van der Waals surface area (Å²) in [6.45, 7) is 5.47. The minimum absolute atomic E-state index is 0.0480. The van der Waals surface area contributed by atoms with Crippen LogP contribution in [0.4, 0.5) is 10.6 Å². The summed E-state index contributed by atoms with van der Waals surface area (Å²) in [7, 11) is 1.57. The number of nitriles is 1. The summed E-state index contributed by atoms with van der Waals surface area (Å²) in [6.07, 6.45) is 2.08. The van der Waals surface area contributed by atoms with Crippen molar-refractivity contribution in [2.45, 2.75) is 6.92 Å². The SMILES string of the molecule is C=CCOC(=O)Nc1c(C#N)cnn1-c1cc(C)c2cccc(OC)c2n1. The molecule has 27 heavy (non-hydrogen) atoms. The van der Waals surface area contributed by atoms with Crippen LogP contribution in [0.5, 0.6) is 5.75 Å². The fourth-order valence-electron chi connectivity index (χ4n) is 2.64. The van der Waals surface area contributed by atoms with Crippen molar-refractivity contribution in [2.75, 3.05) is 19.0 Å². The first-order valence-electron chi connectivity index (χ1n) is 8.06. The summed E-state index contributed by atoms with van der Waals surface area (Å²) in [5.41, 5.74) is 1.79. The number of rotatable bonds is 5. The van der Waals surface area contributed by atoms with Crippen molar-refractivity contribution in [3.05, 3.63) is 54.2 Å². The van der Waals surface area contributed by atoms with Gasteiger partial charge in [0.25, 0.3) is 0 Å². The van der Waals surface area contributed by atoms with Gasteiger partial charge >= 0.3 is 6.09 Å². The van der Waals surface area contributed by atoms with Crippen LogP contribution in [0.1, 0.15) is 11.1 Å². The molecule has 0 atom stereocenters. The van der Waals surface area contributed by atoms with E-state index in [0.29, 0.717) is 17.1 Å². The fourth-order valence-corrected chi connectivity index (χ4v) is 2.64. The van der Waals surface area contributed by atoms with Crippen LogP contribution in [0.3, 0.4) is 0 Å². The molecule has 0 unspecified atom stereocenters. The number of amides is 1. The van der Waals surface area contributed by atoms with E-state index in [1.807, 2.05) is 37.3 Å². The van der Waals surface area contributed by atoms with Gasteiger partial charge in [-0.3, -0.25) is 5.32 Å². The molecule has 0 aliphatic carbocycles. The van der Waals surface area contributed by atoms with Crippen molar-refractivity contribution >= 4 is 22.8 Å². The number of ether oxygens (including phenoxy) is 2. The van der Waals surface area contributed by atoms with E-state index in [1.165, 1.54) is 17.0 Å². The van der Waals surface area contributed by atoms with Crippen LogP contribution >= 0.6 is 0 Å². The van der Waals surface area contributed by atoms with Gasteiger partial charge in [0, 0.05) is 5.39 Å². The number of carbonyl (C=O) groups is 1. The molecule has 0 aliphatic heterocycles. The van der Waals surface area contributed by atoms with Gasteiger partial charge in [0.1, 0.15) is 29.5 Å². The van der Waals surface area contributed by atoms with Gasteiger partial charge in [-0.25, -0.2) is 9.78 Å². The standard InChI is InChI=1S/C19H17N5O3/c1-4-8-27-19(25)23-18-13(10-20)11-21-24(18)16-9-12(2)14-6-5-7-15(26-3)17(14)22-16/h4-7,9,11H,1,8H2,2-3H3,(H,23,25). The summed E-state index contributed by atoms with van der Waals surface area (Å²) in [5, 5.41) is 17.0. The largest absolute Gasteiger partial charge is 0.494 e. The highest BCUT2D eigenvalue weighted by Gasteiger charge is 2.18. The summed E-state index contributed by atoms with van der Waals surface area (Å²) < 4.78 is 11.7. The van der Waals surface area contributed by atoms with Crippen molar-refractivity contribution in [3.8, 4) is 17.6 Å². The molecule has 0 radical (unpaired) electrons. The number of carbonyl (C=O) groups excluding carboxylic acids is 1. The summed E-state index contributed by atoms with van der Waals surface area (Å²) in [4.78, 5) is 16.5. The second-order valence-corrected chi connectivity index (χ2v) is 5.60. The fraction of sp³-hybridized carbons (Fsp3) is 0.158. The molecule has 0 fully saturated rings. The first-order valence-corrected chi connectivity index (χ1v) is 8.06. The van der Waals surface area contributed by atoms with E-state index in [1.54, 1.807) is 7.11 Å². The minimum atomic E-state index is -0.719. The van der Waals surface area contributed by atoms with Gasteiger partial charge in [0.05, 0.1) is 13.3 Å². The number of pyridine rings is 1. The van der Waals surface area contributed by atoms with Crippen LogP contribution in [0.15, 0.2) is 43.1 Å². The molecule has 8 nitrogen and oxygen atoms in total. The zero-order valence-corrected chi connectivity index (χ0v) is 14.9. The van der Waals surface area contributed by atoms with Crippen LogP contribution in [-0.2, 0) is 4.74 Å². The van der Waals surface area contributed by atoms with Crippen LogP contribution < -0.4 is 10.1 Å². The summed E-state index contributed by atoms with van der Waals surface area (Å²) >= 11 is 0. The first kappa shape index (κ1) is 17.9. The van der Waals surface area contributed by atoms with Crippen LogP contribution in [0.2, 0.25) is 0 Å². The number of nitrogens with one attached hydrogen (secondary N) is 1. The lowest BCUT2D eigenvalue weighted by molar-refractivity contribution is 0.174. The van der Waals surface area contributed by atoms with Crippen molar-refractivity contribution in [1.29, 1.82) is 5.26 Å². The highest BCUT2D eigenvalue weighted by atomic mass is 16.5. The Balaban J connectivity index is 2.11. The predicted octanol–water partition coefficient (Wildman–Crippen LogP) is 3.34. The monoisotopic (exact) mass is 363 g/mol. The molecule has 0 spiro atoms. The number of hydrogen-bond donors (Lipinski definition) is 1.